The fourth-order valence-electron chi connectivity index (χ4n) is 2.60. The first-order valence-electron chi connectivity index (χ1n) is 6.67. The number of aromatic nitrogens is 1. The number of hydrogen-bond donors (Lipinski definition) is 1. The number of rotatable bonds is 3. The first-order chi connectivity index (χ1) is 10.2. The van der Waals surface area contributed by atoms with Gasteiger partial charge in [0, 0.05) is 16.1 Å². The van der Waals surface area contributed by atoms with E-state index in [0.29, 0.717) is 0 Å². The zero-order valence-corrected chi connectivity index (χ0v) is 13.8. The van der Waals surface area contributed by atoms with E-state index < -0.39 is 0 Å². The van der Waals surface area contributed by atoms with Crippen molar-refractivity contribution in [2.45, 2.75) is 6.04 Å². The second-order valence-corrected chi connectivity index (χ2v) is 6.01. The summed E-state index contributed by atoms with van der Waals surface area (Å²) in [5.41, 5.74) is 3.20. The summed E-state index contributed by atoms with van der Waals surface area (Å²) in [5.74, 6) is 0. The number of halogens is 2. The number of nitrogens with one attached hydrogen (secondary N) is 1. The summed E-state index contributed by atoms with van der Waals surface area (Å²) in [6, 6.07) is 16.2. The number of fused-ring (bicyclic) bond motifs is 1. The molecule has 1 heterocycles. The summed E-state index contributed by atoms with van der Waals surface area (Å²) in [7, 11) is 1.94. The molecular weight excluding hydrogens is 348 g/mol. The summed E-state index contributed by atoms with van der Waals surface area (Å²) >= 11 is 9.96. The molecule has 0 amide bonds. The first kappa shape index (κ1) is 14.5. The van der Waals surface area contributed by atoms with Crippen molar-refractivity contribution in [1.29, 1.82) is 0 Å². The van der Waals surface area contributed by atoms with Crippen molar-refractivity contribution in [3.8, 4) is 0 Å². The highest BCUT2D eigenvalue weighted by atomic mass is 79.9. The highest BCUT2D eigenvalue weighted by Crippen LogP contribution is 2.35. The maximum Gasteiger partial charge on any atom is 0.0705 e. The highest BCUT2D eigenvalue weighted by Gasteiger charge is 2.18. The van der Waals surface area contributed by atoms with Crippen molar-refractivity contribution in [2.75, 3.05) is 7.05 Å². The number of pyridine rings is 1. The summed E-state index contributed by atoms with van der Waals surface area (Å²) in [4.78, 5) is 4.42. The lowest BCUT2D eigenvalue weighted by Gasteiger charge is -2.20. The molecule has 0 fully saturated rings. The quantitative estimate of drug-likeness (QED) is 0.713. The molecule has 1 atom stereocenters. The van der Waals surface area contributed by atoms with E-state index in [-0.39, 0.29) is 6.04 Å². The van der Waals surface area contributed by atoms with E-state index in [1.165, 1.54) is 5.56 Å². The van der Waals surface area contributed by atoms with Gasteiger partial charge in [0.1, 0.15) is 0 Å². The predicted molar refractivity (Wildman–Crippen MR) is 91.8 cm³/mol. The van der Waals surface area contributed by atoms with Gasteiger partial charge < -0.3 is 5.32 Å². The molecule has 2 aromatic carbocycles. The van der Waals surface area contributed by atoms with E-state index in [2.05, 4.69) is 38.4 Å². The van der Waals surface area contributed by atoms with Gasteiger partial charge in [-0.15, -0.1) is 0 Å². The molecule has 0 saturated carbocycles. The highest BCUT2D eigenvalue weighted by molar-refractivity contribution is 9.10. The average Bonchev–Trinajstić information content (AvgIpc) is 2.52. The lowest BCUT2D eigenvalue weighted by molar-refractivity contribution is 0.696. The molecule has 1 aromatic heterocycles. The van der Waals surface area contributed by atoms with Crippen LogP contribution in [0.2, 0.25) is 5.02 Å². The van der Waals surface area contributed by atoms with E-state index in [1.54, 1.807) is 0 Å². The summed E-state index contributed by atoms with van der Waals surface area (Å²) in [6.07, 6.45) is 1.81. The number of benzene rings is 2. The van der Waals surface area contributed by atoms with Gasteiger partial charge >= 0.3 is 0 Å². The fraction of sp³-hybridized carbons (Fsp3) is 0.118. The Morgan fingerprint density at radius 1 is 1.05 bits per heavy atom. The Morgan fingerprint density at radius 3 is 2.62 bits per heavy atom. The Balaban J connectivity index is 2.21. The van der Waals surface area contributed by atoms with E-state index in [9.17, 15) is 0 Å². The molecule has 106 valence electrons. The van der Waals surface area contributed by atoms with Gasteiger partial charge in [0.15, 0.2) is 0 Å². The van der Waals surface area contributed by atoms with Crippen LogP contribution in [0.1, 0.15) is 17.2 Å². The minimum atomic E-state index is 0.0166. The van der Waals surface area contributed by atoms with Crippen LogP contribution in [0, 0.1) is 0 Å². The van der Waals surface area contributed by atoms with Crippen LogP contribution in [0.5, 0.6) is 0 Å². The van der Waals surface area contributed by atoms with Crippen LogP contribution < -0.4 is 5.32 Å². The van der Waals surface area contributed by atoms with Gasteiger partial charge in [-0.3, -0.25) is 4.98 Å². The van der Waals surface area contributed by atoms with Crippen LogP contribution in [-0.4, -0.2) is 12.0 Å². The van der Waals surface area contributed by atoms with Gasteiger partial charge in [-0.05, 0) is 52.3 Å². The molecule has 0 aliphatic heterocycles. The molecule has 3 rings (SSSR count). The third kappa shape index (κ3) is 2.69. The second kappa shape index (κ2) is 6.14. The monoisotopic (exact) mass is 360 g/mol. The molecule has 0 radical (unpaired) electrons. The molecule has 1 unspecified atom stereocenters. The molecule has 1 N–H and O–H groups in total. The summed E-state index contributed by atoms with van der Waals surface area (Å²) < 4.78 is 0.903. The van der Waals surface area contributed by atoms with Crippen LogP contribution in [0.4, 0.5) is 0 Å². The normalized spacial score (nSPS) is 12.5. The SMILES string of the molecule is CNC(c1cccc(Br)c1Cl)c1cccc2ncccc12. The van der Waals surface area contributed by atoms with E-state index in [4.69, 9.17) is 11.6 Å². The predicted octanol–water partition coefficient (Wildman–Crippen LogP) is 4.96. The molecule has 21 heavy (non-hydrogen) atoms. The Kier molecular flexibility index (Phi) is 4.24. The maximum absolute atomic E-state index is 6.47. The molecule has 2 nitrogen and oxygen atoms in total. The zero-order valence-electron chi connectivity index (χ0n) is 11.5. The third-order valence-electron chi connectivity index (χ3n) is 3.57. The molecule has 4 heteroatoms. The van der Waals surface area contributed by atoms with Gasteiger partial charge in [-0.25, -0.2) is 0 Å². The maximum atomic E-state index is 6.47. The summed E-state index contributed by atoms with van der Waals surface area (Å²) in [5, 5.41) is 5.23. The van der Waals surface area contributed by atoms with Gasteiger partial charge in [0.25, 0.3) is 0 Å². The minimum Gasteiger partial charge on any atom is -0.309 e. The van der Waals surface area contributed by atoms with Crippen molar-refractivity contribution in [2.24, 2.45) is 0 Å². The smallest absolute Gasteiger partial charge is 0.0705 e. The first-order valence-corrected chi connectivity index (χ1v) is 7.84. The third-order valence-corrected chi connectivity index (χ3v) is 4.88. The lowest BCUT2D eigenvalue weighted by atomic mass is 9.95. The molecule has 3 aromatic rings. The molecule has 0 bridgehead atoms. The average molecular weight is 362 g/mol. The van der Waals surface area contributed by atoms with Gasteiger partial charge in [0.2, 0.25) is 0 Å². The van der Waals surface area contributed by atoms with Crippen molar-refractivity contribution in [3.05, 3.63) is 75.4 Å². The molecular formula is C17H14BrClN2. The van der Waals surface area contributed by atoms with Gasteiger partial charge in [0.05, 0.1) is 16.6 Å². The van der Waals surface area contributed by atoms with Crippen LogP contribution in [0.15, 0.2) is 59.2 Å². The Bertz CT molecular complexity index is 783. The molecule has 0 spiro atoms. The van der Waals surface area contributed by atoms with E-state index >= 15 is 0 Å². The van der Waals surface area contributed by atoms with Crippen molar-refractivity contribution in [1.82, 2.24) is 10.3 Å². The lowest BCUT2D eigenvalue weighted by Crippen LogP contribution is -2.18. The number of hydrogen-bond acceptors (Lipinski definition) is 2. The second-order valence-electron chi connectivity index (χ2n) is 4.78. The van der Waals surface area contributed by atoms with Gasteiger partial charge in [-0.2, -0.15) is 0 Å². The van der Waals surface area contributed by atoms with Crippen molar-refractivity contribution < 1.29 is 0 Å². The number of nitrogens with zero attached hydrogens (tertiary/aromatic N) is 1. The Hall–Kier alpha value is -1.42. The van der Waals surface area contributed by atoms with Gasteiger partial charge in [-0.1, -0.05) is 41.9 Å². The minimum absolute atomic E-state index is 0.0166. The van der Waals surface area contributed by atoms with Crippen molar-refractivity contribution >= 4 is 38.4 Å². The van der Waals surface area contributed by atoms with E-state index in [1.807, 2.05) is 49.6 Å². The van der Waals surface area contributed by atoms with Crippen LogP contribution in [0.3, 0.4) is 0 Å². The Labute approximate surface area is 137 Å². The van der Waals surface area contributed by atoms with Crippen molar-refractivity contribution in [3.63, 3.8) is 0 Å². The van der Waals surface area contributed by atoms with Crippen LogP contribution >= 0.6 is 27.5 Å². The Morgan fingerprint density at radius 2 is 1.81 bits per heavy atom. The molecule has 0 saturated heterocycles. The molecule has 0 aliphatic carbocycles. The van der Waals surface area contributed by atoms with Crippen LogP contribution in [0.25, 0.3) is 10.9 Å². The van der Waals surface area contributed by atoms with Crippen LogP contribution in [-0.2, 0) is 0 Å². The van der Waals surface area contributed by atoms with E-state index in [0.717, 1.165) is 26.0 Å². The topological polar surface area (TPSA) is 24.9 Å². The largest absolute Gasteiger partial charge is 0.309 e. The fourth-order valence-corrected chi connectivity index (χ4v) is 3.22. The molecule has 0 aliphatic rings. The zero-order chi connectivity index (χ0) is 14.8. The summed E-state index contributed by atoms with van der Waals surface area (Å²) in [6.45, 7) is 0. The standard InChI is InChI=1S/C17H14BrClN2/c1-20-17(13-6-2-8-14(18)16(13)19)12-5-3-9-15-11(12)7-4-10-21-15/h2-10,17,20H,1H3.